The van der Waals surface area contributed by atoms with Crippen molar-refractivity contribution in [2.45, 2.75) is 31.6 Å². The minimum absolute atomic E-state index is 0.0584. The summed E-state index contributed by atoms with van der Waals surface area (Å²) in [7, 11) is 0. The van der Waals surface area contributed by atoms with Crippen LogP contribution in [0.25, 0.3) is 0 Å². The van der Waals surface area contributed by atoms with Crippen LogP contribution in [0.5, 0.6) is 0 Å². The Bertz CT molecular complexity index is 790. The van der Waals surface area contributed by atoms with Crippen LogP contribution in [-0.4, -0.2) is 32.5 Å². The van der Waals surface area contributed by atoms with E-state index in [4.69, 9.17) is 5.11 Å². The number of aromatic nitrogens is 2. The molecule has 0 aliphatic carbocycles. The highest BCUT2D eigenvalue weighted by atomic mass is 32.2. The first-order valence-electron chi connectivity index (χ1n) is 7.60. The summed E-state index contributed by atoms with van der Waals surface area (Å²) in [5.41, 5.74) is 1.88. The average Bonchev–Trinajstić information content (AvgIpc) is 2.84. The molecule has 0 spiro atoms. The van der Waals surface area contributed by atoms with Crippen LogP contribution in [0.1, 0.15) is 47.5 Å². The Morgan fingerprint density at radius 3 is 2.58 bits per heavy atom. The molecule has 1 atom stereocenters. The standard InChI is InChI=1S/C17H19N3O3S/c1-17(2,3)20-15-12(8-18-20)14(24-9-13(21)19-15)10-4-6-11(7-5-10)16(22)23/h4-8,14H,9H2,1-3H3,(H,19,21)(H,22,23). The predicted molar refractivity (Wildman–Crippen MR) is 93.6 cm³/mol. The zero-order valence-electron chi connectivity index (χ0n) is 13.7. The smallest absolute Gasteiger partial charge is 0.335 e. The lowest BCUT2D eigenvalue weighted by atomic mass is 10.0. The molecule has 0 saturated heterocycles. The van der Waals surface area contributed by atoms with Gasteiger partial charge in [-0.3, -0.25) is 4.79 Å². The fourth-order valence-corrected chi connectivity index (χ4v) is 3.77. The molecule has 0 radical (unpaired) electrons. The Kier molecular flexibility index (Phi) is 4.13. The van der Waals surface area contributed by atoms with Gasteiger partial charge in [0.05, 0.1) is 28.3 Å². The number of benzene rings is 1. The number of aromatic carboxylic acids is 1. The number of fused-ring (bicyclic) bond motifs is 1. The number of carbonyl (C=O) groups is 2. The minimum atomic E-state index is -0.951. The predicted octanol–water partition coefficient (Wildman–Crippen LogP) is 3.11. The molecule has 1 aliphatic rings. The summed E-state index contributed by atoms with van der Waals surface area (Å²) in [5.74, 6) is 0.0411. The van der Waals surface area contributed by atoms with Crippen molar-refractivity contribution in [3.8, 4) is 0 Å². The van der Waals surface area contributed by atoms with Crippen LogP contribution in [0.4, 0.5) is 5.82 Å². The van der Waals surface area contributed by atoms with E-state index in [0.717, 1.165) is 11.1 Å². The van der Waals surface area contributed by atoms with Gasteiger partial charge in [-0.2, -0.15) is 5.10 Å². The van der Waals surface area contributed by atoms with Crippen LogP contribution in [0.3, 0.4) is 0 Å². The van der Waals surface area contributed by atoms with E-state index in [0.29, 0.717) is 11.6 Å². The first-order valence-corrected chi connectivity index (χ1v) is 8.65. The molecule has 2 aromatic rings. The molecule has 7 heteroatoms. The molecule has 0 bridgehead atoms. The lowest BCUT2D eigenvalue weighted by Crippen LogP contribution is -2.27. The van der Waals surface area contributed by atoms with Crippen molar-refractivity contribution in [3.63, 3.8) is 0 Å². The zero-order chi connectivity index (χ0) is 17.5. The van der Waals surface area contributed by atoms with E-state index in [9.17, 15) is 9.59 Å². The second-order valence-corrected chi connectivity index (χ2v) is 7.79. The van der Waals surface area contributed by atoms with Crippen molar-refractivity contribution >= 4 is 29.5 Å². The van der Waals surface area contributed by atoms with Gasteiger partial charge in [-0.1, -0.05) is 12.1 Å². The Hall–Kier alpha value is -2.28. The van der Waals surface area contributed by atoms with Gasteiger partial charge in [-0.15, -0.1) is 11.8 Å². The van der Waals surface area contributed by atoms with E-state index in [1.807, 2.05) is 25.5 Å². The normalized spacial score (nSPS) is 17.8. The van der Waals surface area contributed by atoms with Gasteiger partial charge in [-0.25, -0.2) is 9.48 Å². The van der Waals surface area contributed by atoms with Gasteiger partial charge < -0.3 is 10.4 Å². The van der Waals surface area contributed by atoms with Crippen LogP contribution < -0.4 is 5.32 Å². The third-order valence-electron chi connectivity index (χ3n) is 3.81. The molecule has 1 aliphatic heterocycles. The molecule has 126 valence electrons. The number of hydrogen-bond donors (Lipinski definition) is 2. The first-order chi connectivity index (χ1) is 11.3. The number of rotatable bonds is 2. The number of carboxylic acid groups (broad SMARTS) is 1. The number of anilines is 1. The van der Waals surface area contributed by atoms with Crippen LogP contribution in [-0.2, 0) is 10.3 Å². The van der Waals surface area contributed by atoms with E-state index in [1.54, 1.807) is 30.5 Å². The van der Waals surface area contributed by atoms with Crippen LogP contribution >= 0.6 is 11.8 Å². The summed E-state index contributed by atoms with van der Waals surface area (Å²) in [5, 5.41) is 16.4. The highest BCUT2D eigenvalue weighted by Crippen LogP contribution is 2.42. The maximum atomic E-state index is 12.1. The Labute approximate surface area is 144 Å². The number of amides is 1. The summed E-state index contributed by atoms with van der Waals surface area (Å²) in [6.07, 6.45) is 1.79. The Balaban J connectivity index is 2.06. The molecule has 24 heavy (non-hydrogen) atoms. The van der Waals surface area contributed by atoms with Crippen LogP contribution in [0.15, 0.2) is 30.5 Å². The molecule has 1 amide bonds. The molecular formula is C17H19N3O3S. The lowest BCUT2D eigenvalue weighted by Gasteiger charge is -2.23. The van der Waals surface area contributed by atoms with E-state index >= 15 is 0 Å². The van der Waals surface area contributed by atoms with E-state index in [2.05, 4.69) is 10.4 Å². The third kappa shape index (κ3) is 3.03. The van der Waals surface area contributed by atoms with Gasteiger partial charge in [0, 0.05) is 5.56 Å². The quantitative estimate of drug-likeness (QED) is 0.874. The summed E-state index contributed by atoms with van der Waals surface area (Å²) in [4.78, 5) is 23.1. The third-order valence-corrected chi connectivity index (χ3v) is 5.10. The minimum Gasteiger partial charge on any atom is -0.478 e. The maximum absolute atomic E-state index is 12.1. The van der Waals surface area contributed by atoms with E-state index in [-0.39, 0.29) is 22.3 Å². The summed E-state index contributed by atoms with van der Waals surface area (Å²) >= 11 is 1.51. The van der Waals surface area contributed by atoms with Crippen molar-refractivity contribution in [2.75, 3.05) is 11.1 Å². The van der Waals surface area contributed by atoms with E-state index in [1.165, 1.54) is 11.8 Å². The van der Waals surface area contributed by atoms with Crippen molar-refractivity contribution in [2.24, 2.45) is 0 Å². The molecule has 0 fully saturated rings. The van der Waals surface area contributed by atoms with Crippen LogP contribution in [0.2, 0.25) is 0 Å². The second-order valence-electron chi connectivity index (χ2n) is 6.70. The number of thioether (sulfide) groups is 1. The highest BCUT2D eigenvalue weighted by Gasteiger charge is 2.30. The molecule has 1 aromatic heterocycles. The SMILES string of the molecule is CC(C)(C)n1ncc2c1NC(=O)CSC2c1ccc(C(=O)O)cc1. The zero-order valence-corrected chi connectivity index (χ0v) is 14.6. The van der Waals surface area contributed by atoms with Crippen molar-refractivity contribution < 1.29 is 14.7 Å². The average molecular weight is 345 g/mol. The molecule has 6 nitrogen and oxygen atoms in total. The fraction of sp³-hybridized carbons (Fsp3) is 0.353. The second kappa shape index (κ2) is 5.98. The van der Waals surface area contributed by atoms with Gasteiger partial charge in [0.2, 0.25) is 5.91 Å². The van der Waals surface area contributed by atoms with E-state index < -0.39 is 5.97 Å². The topological polar surface area (TPSA) is 84.2 Å². The number of nitrogens with one attached hydrogen (secondary N) is 1. The number of carboxylic acids is 1. The molecule has 2 N–H and O–H groups in total. The van der Waals surface area contributed by atoms with Gasteiger partial charge in [0.1, 0.15) is 5.82 Å². The first kappa shape index (κ1) is 16.6. The van der Waals surface area contributed by atoms with Gasteiger partial charge in [0.25, 0.3) is 0 Å². The largest absolute Gasteiger partial charge is 0.478 e. The van der Waals surface area contributed by atoms with Gasteiger partial charge >= 0.3 is 5.97 Å². The molecular weight excluding hydrogens is 326 g/mol. The monoisotopic (exact) mass is 345 g/mol. The molecule has 1 unspecified atom stereocenters. The van der Waals surface area contributed by atoms with Crippen molar-refractivity contribution in [1.29, 1.82) is 0 Å². The Morgan fingerprint density at radius 2 is 2.00 bits per heavy atom. The van der Waals surface area contributed by atoms with Gasteiger partial charge in [-0.05, 0) is 38.5 Å². The van der Waals surface area contributed by atoms with Crippen LogP contribution in [0, 0.1) is 0 Å². The maximum Gasteiger partial charge on any atom is 0.335 e. The summed E-state index contributed by atoms with van der Waals surface area (Å²) in [6.45, 7) is 6.09. The summed E-state index contributed by atoms with van der Waals surface area (Å²) < 4.78 is 1.82. The fourth-order valence-electron chi connectivity index (χ4n) is 2.68. The number of carbonyl (C=O) groups excluding carboxylic acids is 1. The Morgan fingerprint density at radius 1 is 1.33 bits per heavy atom. The lowest BCUT2D eigenvalue weighted by molar-refractivity contribution is -0.113. The molecule has 0 saturated carbocycles. The van der Waals surface area contributed by atoms with Crippen molar-refractivity contribution in [1.82, 2.24) is 9.78 Å². The number of nitrogens with zero attached hydrogens (tertiary/aromatic N) is 2. The van der Waals surface area contributed by atoms with Crippen molar-refractivity contribution in [3.05, 3.63) is 47.2 Å². The molecule has 2 heterocycles. The highest BCUT2D eigenvalue weighted by molar-refractivity contribution is 8.00. The number of hydrogen-bond acceptors (Lipinski definition) is 4. The summed E-state index contributed by atoms with van der Waals surface area (Å²) in [6, 6.07) is 6.78. The van der Waals surface area contributed by atoms with Gasteiger partial charge in [0.15, 0.2) is 0 Å². The molecule has 1 aromatic carbocycles. The molecule has 3 rings (SSSR count).